The molecule has 178 valence electrons. The lowest BCUT2D eigenvalue weighted by Gasteiger charge is -2.32. The molecule has 4 rings (SSSR count). The number of anilines is 2. The van der Waals surface area contributed by atoms with Crippen LogP contribution in [0, 0.1) is 5.92 Å². The lowest BCUT2D eigenvalue weighted by molar-refractivity contribution is -0.142. The number of hydrogen-bond donors (Lipinski definition) is 1. The molecule has 1 amide bonds. The third-order valence-corrected chi connectivity index (χ3v) is 6.37. The summed E-state index contributed by atoms with van der Waals surface area (Å²) in [5.74, 6) is 0.877. The summed E-state index contributed by atoms with van der Waals surface area (Å²) in [4.78, 5) is 30.9. The van der Waals surface area contributed by atoms with E-state index in [0.717, 1.165) is 42.2 Å². The van der Waals surface area contributed by atoms with E-state index in [1.165, 1.54) is 11.3 Å². The van der Waals surface area contributed by atoms with E-state index in [0.29, 0.717) is 24.0 Å². The average Bonchev–Trinajstić information content (AvgIpc) is 3.30. The van der Waals surface area contributed by atoms with Crippen molar-refractivity contribution in [1.82, 2.24) is 15.2 Å². The Bertz CT molecular complexity index is 1130. The molecule has 9 nitrogen and oxygen atoms in total. The van der Waals surface area contributed by atoms with Crippen LogP contribution in [-0.2, 0) is 20.7 Å². The molecule has 0 spiro atoms. The molecule has 1 aromatic carbocycles. The molecular weight excluding hydrogens is 454 g/mol. The van der Waals surface area contributed by atoms with Crippen LogP contribution in [0.4, 0.5) is 10.9 Å². The first-order valence-corrected chi connectivity index (χ1v) is 12.1. The fraction of sp³-hybridized carbons (Fsp3) is 0.375. The van der Waals surface area contributed by atoms with Crippen molar-refractivity contribution in [3.8, 4) is 17.0 Å². The van der Waals surface area contributed by atoms with Crippen molar-refractivity contribution in [1.29, 1.82) is 0 Å². The molecule has 3 aromatic rings. The van der Waals surface area contributed by atoms with E-state index in [1.54, 1.807) is 19.4 Å². The summed E-state index contributed by atoms with van der Waals surface area (Å²) in [6.45, 7) is 3.46. The quantitative estimate of drug-likeness (QED) is 0.487. The van der Waals surface area contributed by atoms with Crippen molar-refractivity contribution in [3.05, 3.63) is 47.5 Å². The van der Waals surface area contributed by atoms with E-state index < -0.39 is 0 Å². The van der Waals surface area contributed by atoms with Gasteiger partial charge in [0.1, 0.15) is 5.75 Å². The Morgan fingerprint density at radius 1 is 1.21 bits per heavy atom. The minimum atomic E-state index is -0.327. The minimum absolute atomic E-state index is 0.0830. The Hall–Kier alpha value is -3.53. The van der Waals surface area contributed by atoms with E-state index in [9.17, 15) is 9.59 Å². The maximum absolute atomic E-state index is 12.9. The van der Waals surface area contributed by atoms with Gasteiger partial charge in [-0.1, -0.05) is 12.1 Å². The van der Waals surface area contributed by atoms with Gasteiger partial charge in [-0.15, -0.1) is 21.5 Å². The van der Waals surface area contributed by atoms with Gasteiger partial charge in [0.2, 0.25) is 5.91 Å². The van der Waals surface area contributed by atoms with Gasteiger partial charge >= 0.3 is 5.97 Å². The number of benzene rings is 1. The first kappa shape index (κ1) is 23.6. The second-order valence-electron chi connectivity index (χ2n) is 7.88. The van der Waals surface area contributed by atoms with Crippen LogP contribution >= 0.6 is 11.3 Å². The second kappa shape index (κ2) is 11.1. The average molecular weight is 482 g/mol. The smallest absolute Gasteiger partial charge is 0.311 e. The summed E-state index contributed by atoms with van der Waals surface area (Å²) in [6.07, 6.45) is 1.76. The Balaban J connectivity index is 1.37. The second-order valence-corrected chi connectivity index (χ2v) is 8.74. The highest BCUT2D eigenvalue weighted by Gasteiger charge is 2.27. The molecule has 10 heteroatoms. The first-order valence-electron chi connectivity index (χ1n) is 11.2. The van der Waals surface area contributed by atoms with Gasteiger partial charge < -0.3 is 19.7 Å². The van der Waals surface area contributed by atoms with Crippen molar-refractivity contribution in [2.75, 3.05) is 37.0 Å². The van der Waals surface area contributed by atoms with Crippen molar-refractivity contribution < 1.29 is 19.1 Å². The Morgan fingerprint density at radius 2 is 2.06 bits per heavy atom. The van der Waals surface area contributed by atoms with Gasteiger partial charge in [0.05, 0.1) is 37.4 Å². The van der Waals surface area contributed by atoms with Crippen LogP contribution in [0.25, 0.3) is 11.3 Å². The minimum Gasteiger partial charge on any atom is -0.496 e. The molecule has 1 atom stereocenters. The summed E-state index contributed by atoms with van der Waals surface area (Å²) >= 11 is 1.30. The number of nitrogens with one attached hydrogen (secondary N) is 1. The van der Waals surface area contributed by atoms with Crippen molar-refractivity contribution in [2.24, 2.45) is 5.92 Å². The predicted octanol–water partition coefficient (Wildman–Crippen LogP) is 3.57. The summed E-state index contributed by atoms with van der Waals surface area (Å²) < 4.78 is 10.4. The summed E-state index contributed by atoms with van der Waals surface area (Å²) in [7, 11) is 1.63. The number of esters is 1. The number of amides is 1. The normalized spacial score (nSPS) is 15.6. The monoisotopic (exact) mass is 481 g/mol. The van der Waals surface area contributed by atoms with E-state index in [4.69, 9.17) is 9.47 Å². The van der Waals surface area contributed by atoms with E-state index in [-0.39, 0.29) is 24.2 Å². The van der Waals surface area contributed by atoms with Gasteiger partial charge in [-0.2, -0.15) is 0 Å². The zero-order valence-corrected chi connectivity index (χ0v) is 20.0. The molecule has 0 saturated carbocycles. The molecule has 0 bridgehead atoms. The molecule has 1 N–H and O–H groups in total. The summed E-state index contributed by atoms with van der Waals surface area (Å²) in [5.41, 5.74) is 2.20. The number of carbonyl (C=O) groups is 2. The van der Waals surface area contributed by atoms with Gasteiger partial charge in [-0.05, 0) is 44.0 Å². The molecule has 1 aliphatic heterocycles. The number of aromatic nitrogens is 3. The highest BCUT2D eigenvalue weighted by molar-refractivity contribution is 7.13. The van der Waals surface area contributed by atoms with Crippen LogP contribution in [-0.4, -0.2) is 53.9 Å². The number of hydrogen-bond acceptors (Lipinski definition) is 9. The fourth-order valence-electron chi connectivity index (χ4n) is 3.91. The summed E-state index contributed by atoms with van der Waals surface area (Å²) in [5, 5.41) is 13.9. The lowest BCUT2D eigenvalue weighted by Crippen LogP contribution is -2.41. The molecule has 1 fully saturated rings. The highest BCUT2D eigenvalue weighted by Crippen LogP contribution is 2.29. The first-order chi connectivity index (χ1) is 16.6. The molecule has 3 heterocycles. The zero-order chi connectivity index (χ0) is 23.9. The molecular formula is C24H27N5O4S. The van der Waals surface area contributed by atoms with Crippen LogP contribution < -0.4 is 15.0 Å². The highest BCUT2D eigenvalue weighted by atomic mass is 32.1. The number of rotatable bonds is 8. The van der Waals surface area contributed by atoms with Crippen molar-refractivity contribution >= 4 is 34.2 Å². The molecule has 0 aliphatic carbocycles. The van der Waals surface area contributed by atoms with Gasteiger partial charge in [-0.25, -0.2) is 4.98 Å². The van der Waals surface area contributed by atoms with Crippen LogP contribution in [0.2, 0.25) is 0 Å². The Labute approximate surface area is 202 Å². The molecule has 34 heavy (non-hydrogen) atoms. The fourth-order valence-corrected chi connectivity index (χ4v) is 4.62. The van der Waals surface area contributed by atoms with Gasteiger partial charge in [0.15, 0.2) is 10.9 Å². The largest absolute Gasteiger partial charge is 0.496 e. The third kappa shape index (κ3) is 5.69. The zero-order valence-electron chi connectivity index (χ0n) is 19.2. The Morgan fingerprint density at radius 3 is 2.82 bits per heavy atom. The standard InChI is InChI=1S/C24H27N5O4S/c1-3-33-22(30)13-17-15-34-24(25-17)26-23(31)16-7-6-12-29(14-16)21-11-10-19(27-28-21)18-8-4-5-9-20(18)32-2/h4-5,8-11,15-16H,3,6-7,12-14H2,1-2H3,(H,25,26,31)/t16-/m0/s1. The van der Waals surface area contributed by atoms with Gasteiger partial charge in [-0.3, -0.25) is 9.59 Å². The molecule has 0 unspecified atom stereocenters. The van der Waals surface area contributed by atoms with Crippen LogP contribution in [0.5, 0.6) is 5.75 Å². The van der Waals surface area contributed by atoms with E-state index >= 15 is 0 Å². The molecule has 0 radical (unpaired) electrons. The third-order valence-electron chi connectivity index (χ3n) is 5.56. The van der Waals surface area contributed by atoms with Crippen molar-refractivity contribution in [3.63, 3.8) is 0 Å². The van der Waals surface area contributed by atoms with Gasteiger partial charge in [0, 0.05) is 24.0 Å². The van der Waals surface area contributed by atoms with Crippen molar-refractivity contribution in [2.45, 2.75) is 26.2 Å². The number of para-hydroxylation sites is 1. The summed E-state index contributed by atoms with van der Waals surface area (Å²) in [6, 6.07) is 11.5. The number of methoxy groups -OCH3 is 1. The van der Waals surface area contributed by atoms with Crippen LogP contribution in [0.1, 0.15) is 25.5 Å². The molecule has 2 aromatic heterocycles. The SMILES string of the molecule is CCOC(=O)Cc1csc(NC(=O)[C@H]2CCCN(c3ccc(-c4ccccc4OC)nn3)C2)n1. The van der Waals surface area contributed by atoms with E-state index in [1.807, 2.05) is 36.4 Å². The lowest BCUT2D eigenvalue weighted by atomic mass is 9.97. The van der Waals surface area contributed by atoms with Crippen LogP contribution in [0.15, 0.2) is 41.8 Å². The Kier molecular flexibility index (Phi) is 7.69. The maximum Gasteiger partial charge on any atom is 0.311 e. The van der Waals surface area contributed by atoms with E-state index in [2.05, 4.69) is 25.4 Å². The number of carbonyl (C=O) groups excluding carboxylic acids is 2. The molecule has 1 aliphatic rings. The number of ether oxygens (including phenoxy) is 2. The maximum atomic E-state index is 12.9. The number of thiazole rings is 1. The van der Waals surface area contributed by atoms with Crippen LogP contribution in [0.3, 0.4) is 0 Å². The van der Waals surface area contributed by atoms with Gasteiger partial charge in [0.25, 0.3) is 0 Å². The number of piperidine rings is 1. The topological polar surface area (TPSA) is 107 Å². The number of nitrogens with zero attached hydrogens (tertiary/aromatic N) is 4. The molecule has 1 saturated heterocycles. The predicted molar refractivity (Wildman–Crippen MR) is 130 cm³/mol.